The Morgan fingerprint density at radius 1 is 1.21 bits per heavy atom. The first-order valence-electron chi connectivity index (χ1n) is 4.94. The molecule has 0 unspecified atom stereocenters. The van der Waals surface area contributed by atoms with Crippen molar-refractivity contribution in [2.75, 3.05) is 11.9 Å². The quantitative estimate of drug-likeness (QED) is 0.712. The molecular weight excluding hydrogens is 172 g/mol. The molecular formula is C12H15N2+. The van der Waals surface area contributed by atoms with Crippen molar-refractivity contribution in [2.45, 2.75) is 6.92 Å². The first kappa shape index (κ1) is 9.00. The van der Waals surface area contributed by atoms with Crippen LogP contribution < -0.4 is 9.88 Å². The lowest BCUT2D eigenvalue weighted by Crippen LogP contribution is -2.27. The van der Waals surface area contributed by atoms with Gasteiger partial charge in [0.25, 0.3) is 0 Å². The number of anilines is 1. The third kappa shape index (κ3) is 1.43. The number of nitrogens with zero attached hydrogens (tertiary/aromatic N) is 1. The first-order chi connectivity index (χ1) is 6.83. The third-order valence-corrected chi connectivity index (χ3v) is 2.40. The Bertz CT molecular complexity index is 449. The minimum absolute atomic E-state index is 0.956. The smallest absolute Gasteiger partial charge is 0.214 e. The zero-order valence-electron chi connectivity index (χ0n) is 8.62. The molecule has 1 aromatic carbocycles. The van der Waals surface area contributed by atoms with E-state index in [9.17, 15) is 0 Å². The first-order valence-corrected chi connectivity index (χ1v) is 4.94. The number of hydrogen-bond acceptors (Lipinski definition) is 1. The predicted molar refractivity (Wildman–Crippen MR) is 59.3 cm³/mol. The predicted octanol–water partition coefficient (Wildman–Crippen LogP) is 2.10. The van der Waals surface area contributed by atoms with Crippen LogP contribution in [0.1, 0.15) is 6.92 Å². The fourth-order valence-corrected chi connectivity index (χ4v) is 1.73. The van der Waals surface area contributed by atoms with Gasteiger partial charge in [0.1, 0.15) is 7.05 Å². The number of pyridine rings is 1. The zero-order valence-corrected chi connectivity index (χ0v) is 8.62. The van der Waals surface area contributed by atoms with Gasteiger partial charge in [0.05, 0.1) is 5.39 Å². The number of hydrogen-bond donors (Lipinski definition) is 1. The zero-order chi connectivity index (χ0) is 9.97. The monoisotopic (exact) mass is 187 g/mol. The van der Waals surface area contributed by atoms with Crippen LogP contribution in [0.4, 0.5) is 5.69 Å². The fourth-order valence-electron chi connectivity index (χ4n) is 1.73. The summed E-state index contributed by atoms with van der Waals surface area (Å²) in [4.78, 5) is 0. The van der Waals surface area contributed by atoms with Crippen molar-refractivity contribution in [3.05, 3.63) is 36.5 Å². The molecule has 1 aromatic heterocycles. The molecule has 2 aromatic rings. The van der Waals surface area contributed by atoms with E-state index < -0.39 is 0 Å². The van der Waals surface area contributed by atoms with E-state index in [1.807, 2.05) is 0 Å². The molecule has 14 heavy (non-hydrogen) atoms. The molecule has 0 saturated carbocycles. The molecule has 0 aliphatic carbocycles. The van der Waals surface area contributed by atoms with E-state index in [1.54, 1.807) is 0 Å². The number of nitrogens with one attached hydrogen (secondary N) is 1. The van der Waals surface area contributed by atoms with Crippen molar-refractivity contribution < 1.29 is 4.57 Å². The summed E-state index contributed by atoms with van der Waals surface area (Å²) < 4.78 is 2.14. The Hall–Kier alpha value is -1.57. The second-order valence-corrected chi connectivity index (χ2v) is 3.39. The molecule has 0 saturated heterocycles. The summed E-state index contributed by atoms with van der Waals surface area (Å²) in [6, 6.07) is 10.6. The number of rotatable bonds is 2. The topological polar surface area (TPSA) is 15.9 Å². The summed E-state index contributed by atoms with van der Waals surface area (Å²) in [5, 5.41) is 4.64. The maximum absolute atomic E-state index is 3.36. The highest BCUT2D eigenvalue weighted by atomic mass is 14.9. The summed E-state index contributed by atoms with van der Waals surface area (Å²) in [7, 11) is 2.07. The lowest BCUT2D eigenvalue weighted by molar-refractivity contribution is -0.644. The van der Waals surface area contributed by atoms with Gasteiger partial charge in [-0.25, -0.2) is 4.57 Å². The minimum Gasteiger partial charge on any atom is -0.385 e. The van der Waals surface area contributed by atoms with Crippen molar-refractivity contribution in [3.8, 4) is 0 Å². The molecule has 0 radical (unpaired) electrons. The second kappa shape index (κ2) is 3.66. The van der Waals surface area contributed by atoms with E-state index in [0.29, 0.717) is 0 Å². The van der Waals surface area contributed by atoms with E-state index in [1.165, 1.54) is 16.6 Å². The van der Waals surface area contributed by atoms with Gasteiger partial charge in [-0.1, -0.05) is 6.07 Å². The number of aryl methyl sites for hydroxylation is 1. The van der Waals surface area contributed by atoms with Crippen LogP contribution in [0.25, 0.3) is 10.9 Å². The highest BCUT2D eigenvalue weighted by Crippen LogP contribution is 2.19. The maximum Gasteiger partial charge on any atom is 0.214 e. The molecule has 0 aliphatic heterocycles. The van der Waals surface area contributed by atoms with Crippen molar-refractivity contribution >= 4 is 16.6 Å². The second-order valence-electron chi connectivity index (χ2n) is 3.39. The summed E-state index contributed by atoms with van der Waals surface area (Å²) in [5.74, 6) is 0. The standard InChI is InChI=1S/C12H14N2/c1-3-13-11-7-4-8-12-10(11)6-5-9-14(12)2/h4-9H,3H2,1-2H3/p+1. The van der Waals surface area contributed by atoms with Crippen LogP contribution in [0.15, 0.2) is 36.5 Å². The normalized spacial score (nSPS) is 10.4. The van der Waals surface area contributed by atoms with Crippen LogP contribution >= 0.6 is 0 Å². The van der Waals surface area contributed by atoms with Crippen LogP contribution in [0.3, 0.4) is 0 Å². The largest absolute Gasteiger partial charge is 0.385 e. The highest BCUT2D eigenvalue weighted by Gasteiger charge is 2.06. The minimum atomic E-state index is 0.956. The van der Waals surface area contributed by atoms with Crippen molar-refractivity contribution in [1.82, 2.24) is 0 Å². The molecule has 1 heterocycles. The number of benzene rings is 1. The average Bonchev–Trinajstić information content (AvgIpc) is 2.20. The van der Waals surface area contributed by atoms with E-state index in [-0.39, 0.29) is 0 Å². The van der Waals surface area contributed by atoms with Gasteiger partial charge in [-0.2, -0.15) is 0 Å². The van der Waals surface area contributed by atoms with E-state index in [4.69, 9.17) is 0 Å². The maximum atomic E-state index is 3.36. The van der Waals surface area contributed by atoms with E-state index in [0.717, 1.165) is 6.54 Å². The van der Waals surface area contributed by atoms with Crippen molar-refractivity contribution in [3.63, 3.8) is 0 Å². The fraction of sp³-hybridized carbons (Fsp3) is 0.250. The molecule has 0 bridgehead atoms. The molecule has 2 nitrogen and oxygen atoms in total. The van der Waals surface area contributed by atoms with Crippen LogP contribution in [0.5, 0.6) is 0 Å². The average molecular weight is 187 g/mol. The van der Waals surface area contributed by atoms with Crippen LogP contribution in [0, 0.1) is 0 Å². The number of aromatic nitrogens is 1. The molecule has 1 N–H and O–H groups in total. The van der Waals surface area contributed by atoms with E-state index >= 15 is 0 Å². The third-order valence-electron chi connectivity index (χ3n) is 2.40. The summed E-state index contributed by atoms with van der Waals surface area (Å²) >= 11 is 0. The van der Waals surface area contributed by atoms with E-state index in [2.05, 4.69) is 60.4 Å². The number of fused-ring (bicyclic) bond motifs is 1. The van der Waals surface area contributed by atoms with Gasteiger partial charge in [-0.3, -0.25) is 0 Å². The SMILES string of the molecule is CCNc1cccc2c1ccc[n+]2C. The molecule has 0 spiro atoms. The van der Waals surface area contributed by atoms with Crippen LogP contribution in [-0.2, 0) is 7.05 Å². The van der Waals surface area contributed by atoms with Gasteiger partial charge >= 0.3 is 0 Å². The molecule has 0 amide bonds. The lowest BCUT2D eigenvalue weighted by Gasteiger charge is -2.05. The van der Waals surface area contributed by atoms with Gasteiger partial charge < -0.3 is 5.32 Å². The molecule has 0 atom stereocenters. The molecule has 2 rings (SSSR count). The molecule has 72 valence electrons. The van der Waals surface area contributed by atoms with Gasteiger partial charge in [0.15, 0.2) is 6.20 Å². The highest BCUT2D eigenvalue weighted by molar-refractivity contribution is 5.89. The summed E-state index contributed by atoms with van der Waals surface area (Å²) in [6.07, 6.45) is 2.07. The van der Waals surface area contributed by atoms with Crippen LogP contribution in [0.2, 0.25) is 0 Å². The van der Waals surface area contributed by atoms with Gasteiger partial charge in [-0.05, 0) is 19.1 Å². The molecule has 0 aliphatic rings. The Balaban J connectivity index is 2.68. The summed E-state index contributed by atoms with van der Waals surface area (Å²) in [6.45, 7) is 3.07. The van der Waals surface area contributed by atoms with Gasteiger partial charge in [0.2, 0.25) is 5.52 Å². The van der Waals surface area contributed by atoms with Crippen LogP contribution in [-0.4, -0.2) is 6.54 Å². The molecule has 2 heteroatoms. The Kier molecular flexibility index (Phi) is 2.35. The van der Waals surface area contributed by atoms with Gasteiger partial charge in [-0.15, -0.1) is 0 Å². The van der Waals surface area contributed by atoms with Crippen molar-refractivity contribution in [2.24, 2.45) is 7.05 Å². The molecule has 0 fully saturated rings. The Morgan fingerprint density at radius 2 is 2.07 bits per heavy atom. The Morgan fingerprint density at radius 3 is 2.86 bits per heavy atom. The summed E-state index contributed by atoms with van der Waals surface area (Å²) in [5.41, 5.74) is 2.46. The lowest BCUT2D eigenvalue weighted by atomic mass is 10.2. The van der Waals surface area contributed by atoms with Crippen molar-refractivity contribution in [1.29, 1.82) is 0 Å². The Labute approximate surface area is 84.2 Å². The van der Waals surface area contributed by atoms with Gasteiger partial charge in [0, 0.05) is 24.4 Å².